The van der Waals surface area contributed by atoms with Crippen molar-refractivity contribution in [2.75, 3.05) is 51.8 Å². The molecule has 1 atom stereocenters. The van der Waals surface area contributed by atoms with Gasteiger partial charge in [-0.25, -0.2) is 19.3 Å². The molecule has 0 spiro atoms. The Hall–Kier alpha value is -5.42. The van der Waals surface area contributed by atoms with Crippen molar-refractivity contribution in [3.63, 3.8) is 0 Å². The number of ether oxygens (including phenoxy) is 3. The minimum absolute atomic E-state index is 0.0184. The van der Waals surface area contributed by atoms with Crippen molar-refractivity contribution in [2.24, 2.45) is 0 Å². The number of methoxy groups -OCH3 is 2. The van der Waals surface area contributed by atoms with Crippen LogP contribution in [0.5, 0.6) is 0 Å². The molecule has 1 aromatic rings. The lowest BCUT2D eigenvalue weighted by molar-refractivity contribution is -0.155. The van der Waals surface area contributed by atoms with Gasteiger partial charge in [0.15, 0.2) is 0 Å². The number of alkyl carbamates (subject to hydrolysis) is 2. The molecule has 0 radical (unpaired) electrons. The Morgan fingerprint density at radius 2 is 1.65 bits per heavy atom. The monoisotopic (exact) mass is 649 g/mol. The average Bonchev–Trinajstić information content (AvgIpc) is 2.98. The van der Waals surface area contributed by atoms with E-state index < -0.39 is 72.7 Å². The first kappa shape index (κ1) is 36.8. The SMILES string of the molecule is COC(=O)NC(=N)N(C(=O)OC)c1ccc(C(=O)NCC(=O)N2CCN(CC(=O)O)C(=O)[C@@H]2CCCNC(=O)OC(C)(C)C)cc1. The summed E-state index contributed by atoms with van der Waals surface area (Å²) in [6.45, 7) is 4.25. The first-order valence-corrected chi connectivity index (χ1v) is 14.0. The molecule has 0 aliphatic carbocycles. The maximum absolute atomic E-state index is 13.2. The van der Waals surface area contributed by atoms with E-state index in [-0.39, 0.29) is 43.7 Å². The van der Waals surface area contributed by atoms with Gasteiger partial charge < -0.3 is 39.8 Å². The van der Waals surface area contributed by atoms with Gasteiger partial charge in [-0.15, -0.1) is 0 Å². The number of guanidine groups is 1. The number of carboxylic acid groups (broad SMARTS) is 1. The van der Waals surface area contributed by atoms with E-state index in [4.69, 9.17) is 10.1 Å². The summed E-state index contributed by atoms with van der Waals surface area (Å²) in [5, 5.41) is 24.3. The Morgan fingerprint density at radius 3 is 2.22 bits per heavy atom. The zero-order valence-corrected chi connectivity index (χ0v) is 26.2. The highest BCUT2D eigenvalue weighted by Gasteiger charge is 2.37. The molecule has 46 heavy (non-hydrogen) atoms. The van der Waals surface area contributed by atoms with Gasteiger partial charge in [0.25, 0.3) is 5.91 Å². The number of carbonyl (C=O) groups is 7. The third kappa shape index (κ3) is 10.9. The molecular formula is C28H39N7O11. The summed E-state index contributed by atoms with van der Waals surface area (Å²) in [4.78, 5) is 89.1. The lowest BCUT2D eigenvalue weighted by atomic mass is 10.0. The normalized spacial score (nSPS) is 14.5. The number of hydrogen-bond donors (Lipinski definition) is 5. The van der Waals surface area contributed by atoms with E-state index in [2.05, 4.69) is 20.1 Å². The number of aliphatic carboxylic acids is 1. The number of piperazine rings is 1. The highest BCUT2D eigenvalue weighted by atomic mass is 16.6. The molecule has 1 aliphatic heterocycles. The van der Waals surface area contributed by atoms with Crippen LogP contribution < -0.4 is 20.9 Å². The average molecular weight is 650 g/mol. The third-order valence-corrected chi connectivity index (χ3v) is 6.33. The van der Waals surface area contributed by atoms with Gasteiger partial charge in [0, 0.05) is 25.2 Å². The predicted molar refractivity (Wildman–Crippen MR) is 160 cm³/mol. The molecule has 1 fully saturated rings. The fourth-order valence-corrected chi connectivity index (χ4v) is 4.28. The Bertz CT molecular complexity index is 1330. The molecule has 1 saturated heterocycles. The van der Waals surface area contributed by atoms with Gasteiger partial charge in [-0.05, 0) is 57.9 Å². The van der Waals surface area contributed by atoms with Crippen molar-refractivity contribution in [3.8, 4) is 0 Å². The van der Waals surface area contributed by atoms with Crippen molar-refractivity contribution < 1.29 is 52.9 Å². The smallest absolute Gasteiger partial charge is 0.421 e. The van der Waals surface area contributed by atoms with Gasteiger partial charge >= 0.3 is 24.2 Å². The van der Waals surface area contributed by atoms with Crippen LogP contribution in [0.3, 0.4) is 0 Å². The standard InChI is InChI=1S/C28H39N7O11/c1-28(2,3)46-25(41)30-12-6-7-19-23(40)33(16-21(37)38)13-14-34(19)20(36)15-31-22(39)17-8-10-18(11-9-17)35(27(43)45-5)24(29)32-26(42)44-4/h8-11,19H,6-7,12-16H2,1-5H3,(H,30,41)(H,31,39)(H,37,38)(H2,29,32,42)/t19-/m0/s1. The summed E-state index contributed by atoms with van der Waals surface area (Å²) in [5.74, 6) is -3.69. The number of nitrogens with zero attached hydrogens (tertiary/aromatic N) is 3. The molecule has 1 heterocycles. The third-order valence-electron chi connectivity index (χ3n) is 6.33. The number of hydrogen-bond acceptors (Lipinski definition) is 11. The van der Waals surface area contributed by atoms with Gasteiger partial charge in [-0.2, -0.15) is 0 Å². The van der Waals surface area contributed by atoms with Gasteiger partial charge in [-0.1, -0.05) is 0 Å². The van der Waals surface area contributed by atoms with Crippen molar-refractivity contribution in [1.82, 2.24) is 25.8 Å². The summed E-state index contributed by atoms with van der Waals surface area (Å²) in [6, 6.07) is 4.22. The van der Waals surface area contributed by atoms with Crippen molar-refractivity contribution in [1.29, 1.82) is 5.41 Å². The Labute approximate surface area is 264 Å². The second-order valence-electron chi connectivity index (χ2n) is 10.8. The van der Waals surface area contributed by atoms with Crippen molar-refractivity contribution in [2.45, 2.75) is 45.3 Å². The van der Waals surface area contributed by atoms with E-state index in [1.807, 2.05) is 5.32 Å². The van der Waals surface area contributed by atoms with Crippen LogP contribution in [-0.2, 0) is 28.6 Å². The van der Waals surface area contributed by atoms with Crippen LogP contribution in [0.25, 0.3) is 0 Å². The van der Waals surface area contributed by atoms with Crippen LogP contribution >= 0.6 is 0 Å². The van der Waals surface area contributed by atoms with E-state index in [0.29, 0.717) is 4.90 Å². The lowest BCUT2D eigenvalue weighted by Crippen LogP contribution is -2.60. The van der Waals surface area contributed by atoms with Crippen LogP contribution in [0.1, 0.15) is 44.0 Å². The predicted octanol–water partition coefficient (Wildman–Crippen LogP) is 0.709. The van der Waals surface area contributed by atoms with E-state index >= 15 is 0 Å². The molecular weight excluding hydrogens is 610 g/mol. The molecule has 0 saturated carbocycles. The summed E-state index contributed by atoms with van der Waals surface area (Å²) in [7, 11) is 2.15. The Morgan fingerprint density at radius 1 is 1.00 bits per heavy atom. The lowest BCUT2D eigenvalue weighted by Gasteiger charge is -2.40. The summed E-state index contributed by atoms with van der Waals surface area (Å²) in [6.07, 6.45) is -2.26. The Balaban J connectivity index is 2.07. The van der Waals surface area contributed by atoms with E-state index in [0.717, 1.165) is 19.1 Å². The molecule has 1 aliphatic rings. The van der Waals surface area contributed by atoms with Crippen LogP contribution in [0.2, 0.25) is 0 Å². The molecule has 18 heteroatoms. The number of benzene rings is 1. The van der Waals surface area contributed by atoms with Crippen LogP contribution in [-0.4, -0.2) is 121 Å². The van der Waals surface area contributed by atoms with Gasteiger partial charge in [0.1, 0.15) is 18.2 Å². The minimum atomic E-state index is -1.21. The minimum Gasteiger partial charge on any atom is -0.480 e. The van der Waals surface area contributed by atoms with Crippen molar-refractivity contribution >= 4 is 53.6 Å². The number of rotatable bonds is 10. The van der Waals surface area contributed by atoms with Crippen molar-refractivity contribution in [3.05, 3.63) is 29.8 Å². The number of carbonyl (C=O) groups excluding carboxylic acids is 6. The maximum atomic E-state index is 13.2. The molecule has 0 aromatic heterocycles. The number of carboxylic acids is 1. The first-order chi connectivity index (χ1) is 21.6. The molecule has 18 nitrogen and oxygen atoms in total. The first-order valence-electron chi connectivity index (χ1n) is 14.0. The van der Waals surface area contributed by atoms with Crippen LogP contribution in [0.4, 0.5) is 20.1 Å². The van der Waals surface area contributed by atoms with Crippen LogP contribution in [0.15, 0.2) is 24.3 Å². The number of anilines is 1. The summed E-state index contributed by atoms with van der Waals surface area (Å²) < 4.78 is 14.3. The molecule has 252 valence electrons. The zero-order valence-electron chi connectivity index (χ0n) is 26.2. The molecule has 2 rings (SSSR count). The van der Waals surface area contributed by atoms with Gasteiger partial charge in [0.2, 0.25) is 17.8 Å². The Kier molecular flexibility index (Phi) is 13.3. The maximum Gasteiger partial charge on any atom is 0.421 e. The molecule has 1 aromatic carbocycles. The van der Waals surface area contributed by atoms with E-state index in [9.17, 15) is 38.7 Å². The molecule has 5 N–H and O–H groups in total. The molecule has 0 bridgehead atoms. The quantitative estimate of drug-likeness (QED) is 0.102. The van der Waals surface area contributed by atoms with Gasteiger partial charge in [0.05, 0.1) is 26.5 Å². The largest absolute Gasteiger partial charge is 0.480 e. The van der Waals surface area contributed by atoms with E-state index in [1.54, 1.807) is 20.8 Å². The number of nitrogens with one attached hydrogen (secondary N) is 4. The second kappa shape index (κ2) is 16.6. The highest BCUT2D eigenvalue weighted by Crippen LogP contribution is 2.18. The molecule has 6 amide bonds. The van der Waals surface area contributed by atoms with Gasteiger partial charge in [-0.3, -0.25) is 29.9 Å². The molecule has 0 unspecified atom stereocenters. The van der Waals surface area contributed by atoms with Crippen LogP contribution in [0, 0.1) is 5.41 Å². The zero-order chi connectivity index (χ0) is 34.6. The number of amides is 6. The topological polar surface area (TPSA) is 237 Å². The fourth-order valence-electron chi connectivity index (χ4n) is 4.28. The second-order valence-corrected chi connectivity index (χ2v) is 10.8. The van der Waals surface area contributed by atoms with E-state index in [1.165, 1.54) is 29.2 Å². The summed E-state index contributed by atoms with van der Waals surface area (Å²) in [5.41, 5.74) is -0.545. The fraction of sp³-hybridized carbons (Fsp3) is 0.500. The highest BCUT2D eigenvalue weighted by molar-refractivity contribution is 6.16. The summed E-state index contributed by atoms with van der Waals surface area (Å²) >= 11 is 0.